The highest BCUT2D eigenvalue weighted by Crippen LogP contribution is 2.19. The number of pyridine rings is 1. The number of benzene rings is 1. The first-order chi connectivity index (χ1) is 8.11. The summed E-state index contributed by atoms with van der Waals surface area (Å²) in [5.74, 6) is -0.542. The van der Waals surface area contributed by atoms with Gasteiger partial charge < -0.3 is 4.74 Å². The summed E-state index contributed by atoms with van der Waals surface area (Å²) in [5, 5.41) is 11.4. The summed E-state index contributed by atoms with van der Waals surface area (Å²) >= 11 is 3.35. The Bertz CT molecular complexity index is 583. The number of carbonyl (C=O) groups is 1. The molecule has 2 aromatic rings. The van der Waals surface area contributed by atoms with Gasteiger partial charge in [0.15, 0.2) is 0 Å². The van der Waals surface area contributed by atoms with Crippen LogP contribution in [0.4, 0.5) is 0 Å². The smallest absolute Gasteiger partial charge is 0.408 e. The Hall–Kier alpha value is -1.62. The Labute approximate surface area is 107 Å². The van der Waals surface area contributed by atoms with Gasteiger partial charge in [-0.25, -0.2) is 4.79 Å². The molecule has 1 aromatic heterocycles. The molecule has 0 amide bonds. The van der Waals surface area contributed by atoms with E-state index in [1.807, 2.05) is 18.2 Å². The lowest BCUT2D eigenvalue weighted by atomic mass is 10.1. The zero-order valence-electron chi connectivity index (χ0n) is 9.18. The van der Waals surface area contributed by atoms with Gasteiger partial charge in [-0.2, -0.15) is 0 Å². The second-order valence-electron chi connectivity index (χ2n) is 3.50. The van der Waals surface area contributed by atoms with E-state index in [2.05, 4.69) is 15.9 Å². The van der Waals surface area contributed by atoms with E-state index in [9.17, 15) is 10.0 Å². The number of hydrogen-bond acceptors (Lipinski definition) is 3. The van der Waals surface area contributed by atoms with E-state index in [1.165, 1.54) is 6.20 Å². The van der Waals surface area contributed by atoms with Crippen LogP contribution in [0, 0.1) is 0 Å². The van der Waals surface area contributed by atoms with Gasteiger partial charge in [-0.05, 0) is 24.4 Å². The number of halogens is 1. The first-order valence-corrected chi connectivity index (χ1v) is 5.92. The summed E-state index contributed by atoms with van der Waals surface area (Å²) in [6.45, 7) is 2.00. The lowest BCUT2D eigenvalue weighted by Gasteiger charge is -2.00. The number of ether oxygens (including phenoxy) is 1. The Balaban J connectivity index is 2.55. The highest BCUT2D eigenvalue weighted by atomic mass is 79.9. The number of esters is 1. The van der Waals surface area contributed by atoms with Crippen molar-refractivity contribution in [1.29, 1.82) is 0 Å². The Morgan fingerprint density at radius 1 is 1.41 bits per heavy atom. The molecule has 88 valence electrons. The molecule has 1 N–H and O–H groups in total. The van der Waals surface area contributed by atoms with Gasteiger partial charge in [0.05, 0.1) is 12.0 Å². The van der Waals surface area contributed by atoms with Crippen LogP contribution in [0.2, 0.25) is 0 Å². The minimum absolute atomic E-state index is 0.113. The van der Waals surface area contributed by atoms with Gasteiger partial charge in [0.1, 0.15) is 0 Å². The number of fused-ring (bicyclic) bond motifs is 1. The van der Waals surface area contributed by atoms with Crippen molar-refractivity contribution in [3.8, 4) is 0 Å². The van der Waals surface area contributed by atoms with Crippen LogP contribution in [0.3, 0.4) is 0 Å². The first kappa shape index (κ1) is 11.9. The zero-order chi connectivity index (χ0) is 12.4. The van der Waals surface area contributed by atoms with E-state index >= 15 is 0 Å². The summed E-state index contributed by atoms with van der Waals surface area (Å²) in [4.78, 5) is 11.6. The second-order valence-corrected chi connectivity index (χ2v) is 4.41. The van der Waals surface area contributed by atoms with Crippen LogP contribution in [0.5, 0.6) is 0 Å². The maximum atomic E-state index is 11.6. The minimum atomic E-state index is -0.542. The molecule has 0 saturated heterocycles. The van der Waals surface area contributed by atoms with Crippen molar-refractivity contribution in [2.45, 2.75) is 6.92 Å². The van der Waals surface area contributed by atoms with Gasteiger partial charge in [0.2, 0.25) is 6.20 Å². The van der Waals surface area contributed by atoms with Crippen molar-refractivity contribution in [2.75, 3.05) is 6.61 Å². The average Bonchev–Trinajstić information content (AvgIpc) is 2.28. The lowest BCUT2D eigenvalue weighted by Crippen LogP contribution is -2.37. The Morgan fingerprint density at radius 2 is 2.18 bits per heavy atom. The van der Waals surface area contributed by atoms with E-state index in [-0.39, 0.29) is 12.3 Å². The number of carbonyl (C=O) groups excluding carboxylic acids is 1. The fraction of sp³-hybridized carbons (Fsp3) is 0.167. The number of hydrogen-bond donors (Lipinski definition) is 1. The molecule has 0 aliphatic carbocycles. The predicted octanol–water partition coefficient (Wildman–Crippen LogP) is 2.30. The standard InChI is InChI=1S/C12H11BrNO3/c1-2-17-12(15)11-6-8-3-4-10(13)5-9(8)7-14(11)16/h3-7,16H,2H2,1H3/q+1. The summed E-state index contributed by atoms with van der Waals surface area (Å²) in [6.07, 6.45) is 1.48. The van der Waals surface area contributed by atoms with Crippen molar-refractivity contribution in [2.24, 2.45) is 0 Å². The van der Waals surface area contributed by atoms with Crippen LogP contribution in [-0.2, 0) is 4.74 Å². The average molecular weight is 297 g/mol. The molecule has 17 heavy (non-hydrogen) atoms. The summed E-state index contributed by atoms with van der Waals surface area (Å²) < 4.78 is 6.55. The van der Waals surface area contributed by atoms with Gasteiger partial charge in [-0.1, -0.05) is 22.0 Å². The monoisotopic (exact) mass is 296 g/mol. The highest BCUT2D eigenvalue weighted by molar-refractivity contribution is 9.10. The van der Waals surface area contributed by atoms with E-state index < -0.39 is 5.97 Å². The van der Waals surface area contributed by atoms with Gasteiger partial charge in [-0.15, -0.1) is 0 Å². The quantitative estimate of drug-likeness (QED) is 0.526. The molecule has 0 aliphatic heterocycles. The molecule has 2 rings (SSSR count). The van der Waals surface area contributed by atoms with Gasteiger partial charge >= 0.3 is 11.7 Å². The molecular formula is C12H11BrNO3+. The fourth-order valence-electron chi connectivity index (χ4n) is 1.56. The Morgan fingerprint density at radius 3 is 2.88 bits per heavy atom. The first-order valence-electron chi connectivity index (χ1n) is 5.13. The van der Waals surface area contributed by atoms with E-state index in [1.54, 1.807) is 13.0 Å². The number of nitrogens with zero attached hydrogens (tertiary/aromatic N) is 1. The molecule has 5 heteroatoms. The van der Waals surface area contributed by atoms with Gasteiger partial charge in [0.25, 0.3) is 0 Å². The highest BCUT2D eigenvalue weighted by Gasteiger charge is 2.22. The summed E-state index contributed by atoms with van der Waals surface area (Å²) in [7, 11) is 0. The van der Waals surface area contributed by atoms with Gasteiger partial charge in [-0.3, -0.25) is 5.21 Å². The van der Waals surface area contributed by atoms with Crippen molar-refractivity contribution in [3.05, 3.63) is 40.6 Å². The molecular weight excluding hydrogens is 286 g/mol. The molecule has 1 heterocycles. The minimum Gasteiger partial charge on any atom is -0.458 e. The summed E-state index contributed by atoms with van der Waals surface area (Å²) in [6, 6.07) is 7.19. The zero-order valence-corrected chi connectivity index (χ0v) is 10.8. The Kier molecular flexibility index (Phi) is 3.28. The summed E-state index contributed by atoms with van der Waals surface area (Å²) in [5.41, 5.74) is 0.113. The van der Waals surface area contributed by atoms with Crippen LogP contribution >= 0.6 is 15.9 Å². The van der Waals surface area contributed by atoms with Crippen molar-refractivity contribution in [1.82, 2.24) is 0 Å². The van der Waals surface area contributed by atoms with E-state index in [4.69, 9.17) is 4.74 Å². The largest absolute Gasteiger partial charge is 0.458 e. The molecule has 0 atom stereocenters. The third-order valence-electron chi connectivity index (χ3n) is 2.33. The molecule has 4 nitrogen and oxygen atoms in total. The van der Waals surface area contributed by atoms with E-state index in [0.717, 1.165) is 20.0 Å². The maximum absolute atomic E-state index is 11.6. The van der Waals surface area contributed by atoms with Gasteiger partial charge in [0, 0.05) is 15.3 Å². The van der Waals surface area contributed by atoms with Crippen LogP contribution in [-0.4, -0.2) is 17.8 Å². The third kappa shape index (κ3) is 2.39. The SMILES string of the molecule is CCOC(=O)c1cc2ccc(Br)cc2c[n+]1O. The molecule has 0 bridgehead atoms. The van der Waals surface area contributed by atoms with Crippen LogP contribution in [0.15, 0.2) is 34.9 Å². The van der Waals surface area contributed by atoms with Crippen molar-refractivity contribution >= 4 is 32.7 Å². The molecule has 0 fully saturated rings. The van der Waals surface area contributed by atoms with Crippen LogP contribution in [0.25, 0.3) is 10.8 Å². The number of aromatic nitrogens is 1. The molecule has 0 unspecified atom stereocenters. The maximum Gasteiger partial charge on any atom is 0.408 e. The fourth-order valence-corrected chi connectivity index (χ4v) is 1.94. The molecule has 0 aliphatic rings. The topological polar surface area (TPSA) is 50.4 Å². The van der Waals surface area contributed by atoms with Crippen molar-refractivity contribution < 1.29 is 19.5 Å². The molecule has 0 spiro atoms. The van der Waals surface area contributed by atoms with E-state index in [0.29, 0.717) is 0 Å². The van der Waals surface area contributed by atoms with Crippen LogP contribution in [0.1, 0.15) is 17.4 Å². The predicted molar refractivity (Wildman–Crippen MR) is 65.0 cm³/mol. The second kappa shape index (κ2) is 4.71. The number of rotatable bonds is 2. The van der Waals surface area contributed by atoms with Crippen LogP contribution < -0.4 is 4.73 Å². The lowest BCUT2D eigenvalue weighted by molar-refractivity contribution is -0.905. The molecule has 0 radical (unpaired) electrons. The normalized spacial score (nSPS) is 10.5. The third-order valence-corrected chi connectivity index (χ3v) is 2.83. The molecule has 1 aromatic carbocycles. The van der Waals surface area contributed by atoms with Crippen molar-refractivity contribution in [3.63, 3.8) is 0 Å². The molecule has 0 saturated carbocycles.